The van der Waals surface area contributed by atoms with Gasteiger partial charge in [0, 0.05) is 6.42 Å². The molecule has 0 heterocycles. The second-order valence-corrected chi connectivity index (χ2v) is 12.2. The van der Waals surface area contributed by atoms with Crippen LogP contribution in [-0.2, 0) is 14.3 Å². The van der Waals surface area contributed by atoms with Crippen LogP contribution >= 0.6 is 0 Å². The average Bonchev–Trinajstić information content (AvgIpc) is 2.94. The zero-order chi connectivity index (χ0) is 28.7. The van der Waals surface area contributed by atoms with Gasteiger partial charge in [0.15, 0.2) is 0 Å². The number of carbonyl (C=O) groups excluding carboxylic acids is 2. The standard InChI is InChI=1S/C36H70O3/c1-4-7-10-13-16-19-21-24-27-30-33-39-36(38)34(31-28-25-22-18-15-12-9-6-3)35(37)32-29-26-23-20-17-14-11-8-5-2/h34H,4-33H2,1-3H3. The van der Waals surface area contributed by atoms with Gasteiger partial charge in [0.25, 0.3) is 0 Å². The largest absolute Gasteiger partial charge is 0.465 e. The smallest absolute Gasteiger partial charge is 0.316 e. The van der Waals surface area contributed by atoms with Crippen LogP contribution in [0, 0.1) is 5.92 Å². The molecule has 0 aliphatic rings. The Bertz CT molecular complexity index is 515. The summed E-state index contributed by atoms with van der Waals surface area (Å²) in [6, 6.07) is 0. The van der Waals surface area contributed by atoms with Gasteiger partial charge in [-0.3, -0.25) is 9.59 Å². The number of hydrogen-bond acceptors (Lipinski definition) is 3. The van der Waals surface area contributed by atoms with Crippen molar-refractivity contribution in [1.29, 1.82) is 0 Å². The fourth-order valence-electron chi connectivity index (χ4n) is 5.54. The van der Waals surface area contributed by atoms with E-state index in [1.54, 1.807) is 0 Å². The molecule has 0 aromatic carbocycles. The van der Waals surface area contributed by atoms with Crippen LogP contribution < -0.4 is 0 Å². The van der Waals surface area contributed by atoms with Crippen molar-refractivity contribution in [2.75, 3.05) is 6.61 Å². The van der Waals surface area contributed by atoms with Gasteiger partial charge in [-0.05, 0) is 19.3 Å². The van der Waals surface area contributed by atoms with Crippen LogP contribution in [0.2, 0.25) is 0 Å². The minimum absolute atomic E-state index is 0.133. The summed E-state index contributed by atoms with van der Waals surface area (Å²) >= 11 is 0. The summed E-state index contributed by atoms with van der Waals surface area (Å²) in [4.78, 5) is 25.9. The van der Waals surface area contributed by atoms with E-state index in [9.17, 15) is 9.59 Å². The molecule has 0 amide bonds. The average molecular weight is 551 g/mol. The van der Waals surface area contributed by atoms with E-state index in [2.05, 4.69) is 20.8 Å². The molecule has 39 heavy (non-hydrogen) atoms. The zero-order valence-electron chi connectivity index (χ0n) is 27.0. The van der Waals surface area contributed by atoms with Gasteiger partial charge in [-0.25, -0.2) is 0 Å². The molecule has 1 atom stereocenters. The summed E-state index contributed by atoms with van der Waals surface area (Å²) in [7, 11) is 0. The lowest BCUT2D eigenvalue weighted by Gasteiger charge is -2.15. The molecule has 0 aromatic heterocycles. The number of unbranched alkanes of at least 4 members (excludes halogenated alkanes) is 24. The van der Waals surface area contributed by atoms with E-state index in [-0.39, 0.29) is 11.8 Å². The van der Waals surface area contributed by atoms with Crippen LogP contribution in [0.1, 0.15) is 207 Å². The Morgan fingerprint density at radius 1 is 0.436 bits per heavy atom. The fourth-order valence-corrected chi connectivity index (χ4v) is 5.54. The highest BCUT2D eigenvalue weighted by molar-refractivity contribution is 5.98. The van der Waals surface area contributed by atoms with E-state index < -0.39 is 5.92 Å². The Labute approximate surface area is 245 Å². The summed E-state index contributed by atoms with van der Waals surface area (Å²) in [5, 5.41) is 0. The number of esters is 1. The van der Waals surface area contributed by atoms with Crippen molar-refractivity contribution in [3.05, 3.63) is 0 Å². The highest BCUT2D eigenvalue weighted by Gasteiger charge is 2.26. The van der Waals surface area contributed by atoms with Gasteiger partial charge in [-0.1, -0.05) is 181 Å². The minimum Gasteiger partial charge on any atom is -0.465 e. The maximum absolute atomic E-state index is 13.0. The van der Waals surface area contributed by atoms with Gasteiger partial charge in [0.1, 0.15) is 11.7 Å². The number of Topliss-reactive ketones (excluding diaryl/α,β-unsaturated/α-hetero) is 1. The third-order valence-corrected chi connectivity index (χ3v) is 8.29. The van der Waals surface area contributed by atoms with Gasteiger partial charge >= 0.3 is 5.97 Å². The third-order valence-electron chi connectivity index (χ3n) is 8.29. The lowest BCUT2D eigenvalue weighted by Crippen LogP contribution is -2.26. The lowest BCUT2D eigenvalue weighted by atomic mass is 9.92. The quantitative estimate of drug-likeness (QED) is 0.0475. The van der Waals surface area contributed by atoms with Gasteiger partial charge < -0.3 is 4.74 Å². The van der Waals surface area contributed by atoms with Crippen LogP contribution in [0.15, 0.2) is 0 Å². The maximum Gasteiger partial charge on any atom is 0.316 e. The summed E-state index contributed by atoms with van der Waals surface area (Å²) in [5.41, 5.74) is 0. The van der Waals surface area contributed by atoms with E-state index in [4.69, 9.17) is 4.74 Å². The lowest BCUT2D eigenvalue weighted by molar-refractivity contribution is -0.152. The van der Waals surface area contributed by atoms with E-state index in [0.717, 1.165) is 38.5 Å². The molecule has 1 unspecified atom stereocenters. The molecule has 232 valence electrons. The first-order valence-electron chi connectivity index (χ1n) is 17.9. The molecule has 0 saturated carbocycles. The van der Waals surface area contributed by atoms with Crippen molar-refractivity contribution in [2.45, 2.75) is 207 Å². The molecule has 0 aromatic rings. The number of ketones is 1. The van der Waals surface area contributed by atoms with Crippen molar-refractivity contribution in [1.82, 2.24) is 0 Å². The van der Waals surface area contributed by atoms with E-state index in [1.807, 2.05) is 0 Å². The molecular formula is C36H70O3. The highest BCUT2D eigenvalue weighted by atomic mass is 16.5. The fraction of sp³-hybridized carbons (Fsp3) is 0.944. The molecule has 0 fully saturated rings. The predicted molar refractivity (Wildman–Crippen MR) is 170 cm³/mol. The predicted octanol–water partition coefficient (Wildman–Crippen LogP) is 12.1. The SMILES string of the molecule is CCCCCCCCCCCCOC(=O)C(CCCCCCCCCC)C(=O)CCCCCCCCCCC. The molecule has 0 spiro atoms. The second-order valence-electron chi connectivity index (χ2n) is 12.2. The molecule has 3 heteroatoms. The molecule has 3 nitrogen and oxygen atoms in total. The van der Waals surface area contributed by atoms with Gasteiger partial charge in [0.2, 0.25) is 0 Å². The monoisotopic (exact) mass is 551 g/mol. The first kappa shape index (κ1) is 38.1. The Morgan fingerprint density at radius 3 is 1.18 bits per heavy atom. The number of rotatable bonds is 32. The normalized spacial score (nSPS) is 12.1. The highest BCUT2D eigenvalue weighted by Crippen LogP contribution is 2.19. The second kappa shape index (κ2) is 31.7. The summed E-state index contributed by atoms with van der Waals surface area (Å²) in [6.45, 7) is 7.25. The summed E-state index contributed by atoms with van der Waals surface area (Å²) in [5.74, 6) is -0.633. The molecule has 0 aliphatic carbocycles. The van der Waals surface area contributed by atoms with E-state index in [1.165, 1.54) is 135 Å². The first-order chi connectivity index (χ1) is 19.2. The van der Waals surface area contributed by atoms with Crippen molar-refractivity contribution in [2.24, 2.45) is 5.92 Å². The summed E-state index contributed by atoms with van der Waals surface area (Å²) < 4.78 is 5.65. The molecular weight excluding hydrogens is 480 g/mol. The van der Waals surface area contributed by atoms with Gasteiger partial charge in [-0.15, -0.1) is 0 Å². The maximum atomic E-state index is 13.0. The Balaban J connectivity index is 4.21. The van der Waals surface area contributed by atoms with Gasteiger partial charge in [0.05, 0.1) is 6.61 Å². The molecule has 0 rings (SSSR count). The van der Waals surface area contributed by atoms with Crippen LogP contribution in [0.4, 0.5) is 0 Å². The number of hydrogen-bond donors (Lipinski definition) is 0. The summed E-state index contributed by atoms with van der Waals surface area (Å²) in [6.07, 6.45) is 35.0. The Morgan fingerprint density at radius 2 is 0.769 bits per heavy atom. The number of carbonyl (C=O) groups is 2. The Hall–Kier alpha value is -0.860. The van der Waals surface area contributed by atoms with Gasteiger partial charge in [-0.2, -0.15) is 0 Å². The van der Waals surface area contributed by atoms with E-state index in [0.29, 0.717) is 19.4 Å². The topological polar surface area (TPSA) is 43.4 Å². The molecule has 0 aliphatic heterocycles. The van der Waals surface area contributed by atoms with Crippen LogP contribution in [0.5, 0.6) is 0 Å². The van der Waals surface area contributed by atoms with Crippen molar-refractivity contribution < 1.29 is 14.3 Å². The molecule has 0 N–H and O–H groups in total. The molecule has 0 bridgehead atoms. The third kappa shape index (κ3) is 27.1. The number of ether oxygens (including phenoxy) is 1. The van der Waals surface area contributed by atoms with Crippen LogP contribution in [0.3, 0.4) is 0 Å². The van der Waals surface area contributed by atoms with Crippen LogP contribution in [0.25, 0.3) is 0 Å². The molecule has 0 saturated heterocycles. The molecule has 0 radical (unpaired) electrons. The van der Waals surface area contributed by atoms with Crippen LogP contribution in [-0.4, -0.2) is 18.4 Å². The Kier molecular flexibility index (Phi) is 31.0. The van der Waals surface area contributed by atoms with E-state index >= 15 is 0 Å². The van der Waals surface area contributed by atoms with Crippen molar-refractivity contribution in [3.63, 3.8) is 0 Å². The minimum atomic E-state index is -0.526. The van der Waals surface area contributed by atoms with Crippen molar-refractivity contribution in [3.8, 4) is 0 Å². The zero-order valence-corrected chi connectivity index (χ0v) is 27.0. The first-order valence-corrected chi connectivity index (χ1v) is 17.9. The van der Waals surface area contributed by atoms with Crippen molar-refractivity contribution >= 4 is 11.8 Å².